The van der Waals surface area contributed by atoms with Gasteiger partial charge < -0.3 is 45.1 Å². The first-order valence-electron chi connectivity index (χ1n) is 31.5. The van der Waals surface area contributed by atoms with Crippen LogP contribution < -0.4 is 5.32 Å². The summed E-state index contributed by atoms with van der Waals surface area (Å²) in [5.41, 5.74) is 0. The summed E-state index contributed by atoms with van der Waals surface area (Å²) in [6.07, 6.45) is 61.6. The third kappa shape index (κ3) is 41.6. The first kappa shape index (κ1) is 72.6. The number of allylic oxidation sites excluding steroid dienone is 15. The van der Waals surface area contributed by atoms with Crippen LogP contribution in [-0.2, 0) is 23.8 Å². The van der Waals surface area contributed by atoms with Crippen molar-refractivity contribution in [2.45, 2.75) is 301 Å². The zero-order chi connectivity index (χ0) is 56.8. The number of unbranched alkanes of at least 4 members (excludes halogenated alkanes) is 24. The van der Waals surface area contributed by atoms with E-state index in [-0.39, 0.29) is 19.4 Å². The van der Waals surface area contributed by atoms with Gasteiger partial charge in [-0.2, -0.15) is 0 Å². The Morgan fingerprint density at radius 1 is 0.513 bits per heavy atom. The minimum atomic E-state index is -1.63. The van der Waals surface area contributed by atoms with E-state index in [1.165, 1.54) is 96.3 Å². The molecule has 1 amide bonds. The van der Waals surface area contributed by atoms with Crippen LogP contribution >= 0.6 is 0 Å². The molecule has 0 saturated carbocycles. The predicted molar refractivity (Wildman–Crippen MR) is 324 cm³/mol. The molecule has 11 heteroatoms. The summed E-state index contributed by atoms with van der Waals surface area (Å²) in [7, 11) is 0. The lowest BCUT2D eigenvalue weighted by Gasteiger charge is -2.41. The van der Waals surface area contributed by atoms with E-state index >= 15 is 0 Å². The maximum absolute atomic E-state index is 13.4. The molecular formula is C67H115NO10. The fraction of sp³-hybridized carbons (Fsp3) is 0.731. The van der Waals surface area contributed by atoms with Gasteiger partial charge in [0.2, 0.25) is 5.91 Å². The van der Waals surface area contributed by atoms with Crippen molar-refractivity contribution >= 4 is 11.9 Å². The maximum atomic E-state index is 13.4. The Kier molecular flexibility index (Phi) is 50.4. The molecule has 0 spiro atoms. The Morgan fingerprint density at radius 3 is 1.40 bits per heavy atom. The molecule has 1 aliphatic rings. The monoisotopic (exact) mass is 1090 g/mol. The number of hydrogen-bond acceptors (Lipinski definition) is 10. The van der Waals surface area contributed by atoms with Crippen molar-refractivity contribution in [3.05, 3.63) is 97.2 Å². The molecule has 0 radical (unpaired) electrons. The molecule has 0 aromatic carbocycles. The molecule has 0 aromatic rings. The van der Waals surface area contributed by atoms with Gasteiger partial charge in [0, 0.05) is 6.42 Å². The molecule has 1 fully saturated rings. The second-order valence-electron chi connectivity index (χ2n) is 21.4. The lowest BCUT2D eigenvalue weighted by molar-refractivity contribution is -0.305. The van der Waals surface area contributed by atoms with Crippen LogP contribution in [0.25, 0.3) is 0 Å². The molecule has 78 heavy (non-hydrogen) atoms. The predicted octanol–water partition coefficient (Wildman–Crippen LogP) is 15.1. The molecule has 1 saturated heterocycles. The van der Waals surface area contributed by atoms with Gasteiger partial charge in [-0.25, -0.2) is 0 Å². The van der Waals surface area contributed by atoms with Gasteiger partial charge in [0.15, 0.2) is 12.4 Å². The third-order valence-corrected chi connectivity index (χ3v) is 14.2. The largest absolute Gasteiger partial charge is 0.454 e. The van der Waals surface area contributed by atoms with Gasteiger partial charge in [-0.05, 0) is 103 Å². The Balaban J connectivity index is 2.72. The topological polar surface area (TPSA) is 175 Å². The first-order chi connectivity index (χ1) is 38.2. The average Bonchev–Trinajstić information content (AvgIpc) is 3.45. The summed E-state index contributed by atoms with van der Waals surface area (Å²) >= 11 is 0. The van der Waals surface area contributed by atoms with Crippen LogP contribution in [-0.4, -0.2) is 99.6 Å². The Hall–Kier alpha value is -3.42. The first-order valence-corrected chi connectivity index (χ1v) is 31.5. The quantitative estimate of drug-likeness (QED) is 0.0195. The van der Waals surface area contributed by atoms with Crippen molar-refractivity contribution in [3.8, 4) is 0 Å². The minimum absolute atomic E-state index is 0.0962. The van der Waals surface area contributed by atoms with Crippen molar-refractivity contribution in [1.29, 1.82) is 0 Å². The SMILES string of the molecule is CC/C=C\C/C=C\C/C=C\C/C=C\C/C=C\C/C=C\CCCCCC(O)C(=O)NC(COC1OC(CO)C(O)C(O)C1OC(=O)CCCCC/C=C\CCCCCCCCC)C(O)/C=C/CCCCCCCCCCCCC. The van der Waals surface area contributed by atoms with E-state index in [9.17, 15) is 35.1 Å². The lowest BCUT2D eigenvalue weighted by atomic mass is 9.99. The lowest BCUT2D eigenvalue weighted by Crippen LogP contribution is -2.61. The second kappa shape index (κ2) is 54.2. The van der Waals surface area contributed by atoms with E-state index in [1.807, 2.05) is 6.08 Å². The number of carbonyl (C=O) groups is 2. The number of aliphatic hydroxyl groups excluding tert-OH is 5. The molecule has 448 valence electrons. The number of aliphatic hydroxyl groups is 5. The van der Waals surface area contributed by atoms with Gasteiger partial charge in [-0.1, -0.05) is 240 Å². The molecule has 11 nitrogen and oxygen atoms in total. The Morgan fingerprint density at radius 2 is 0.923 bits per heavy atom. The zero-order valence-corrected chi connectivity index (χ0v) is 49.5. The minimum Gasteiger partial charge on any atom is -0.454 e. The number of nitrogens with one attached hydrogen (secondary N) is 1. The molecule has 0 aliphatic carbocycles. The Labute approximate surface area is 475 Å². The van der Waals surface area contributed by atoms with Crippen LogP contribution in [0.3, 0.4) is 0 Å². The van der Waals surface area contributed by atoms with Gasteiger partial charge in [0.05, 0.1) is 25.4 Å². The van der Waals surface area contributed by atoms with Crippen LogP contribution in [0, 0.1) is 0 Å². The van der Waals surface area contributed by atoms with Crippen LogP contribution in [0.4, 0.5) is 0 Å². The summed E-state index contributed by atoms with van der Waals surface area (Å²) in [6, 6.07) is -1.05. The van der Waals surface area contributed by atoms with Gasteiger partial charge in [0.1, 0.15) is 24.4 Å². The molecule has 8 atom stereocenters. The molecule has 1 heterocycles. The fourth-order valence-electron chi connectivity index (χ4n) is 9.24. The Bertz CT molecular complexity index is 1630. The fourth-order valence-corrected chi connectivity index (χ4v) is 9.24. The molecule has 6 N–H and O–H groups in total. The van der Waals surface area contributed by atoms with E-state index < -0.39 is 67.4 Å². The average molecular weight is 1090 g/mol. The molecule has 0 bridgehead atoms. The highest BCUT2D eigenvalue weighted by Gasteiger charge is 2.47. The molecule has 1 rings (SSSR count). The molecule has 1 aliphatic heterocycles. The van der Waals surface area contributed by atoms with E-state index in [2.05, 4.69) is 111 Å². The molecular weight excluding hydrogens is 979 g/mol. The third-order valence-electron chi connectivity index (χ3n) is 14.2. The van der Waals surface area contributed by atoms with Gasteiger partial charge >= 0.3 is 5.97 Å². The maximum Gasteiger partial charge on any atom is 0.306 e. The summed E-state index contributed by atoms with van der Waals surface area (Å²) in [4.78, 5) is 26.5. The van der Waals surface area contributed by atoms with E-state index in [1.54, 1.807) is 6.08 Å². The van der Waals surface area contributed by atoms with Crippen molar-refractivity contribution in [2.75, 3.05) is 13.2 Å². The summed E-state index contributed by atoms with van der Waals surface area (Å²) in [5, 5.41) is 57.0. The van der Waals surface area contributed by atoms with Crippen molar-refractivity contribution < 1.29 is 49.3 Å². The smallest absolute Gasteiger partial charge is 0.306 e. The summed E-state index contributed by atoms with van der Waals surface area (Å²) in [5.74, 6) is -1.24. The van der Waals surface area contributed by atoms with Gasteiger partial charge in [-0.3, -0.25) is 9.59 Å². The van der Waals surface area contributed by atoms with E-state index in [0.29, 0.717) is 12.8 Å². The summed E-state index contributed by atoms with van der Waals surface area (Å²) in [6.45, 7) is 5.64. The standard InChI is InChI=1S/C67H115NO10/c1-4-7-10-13-16-19-22-25-27-28-29-30-31-32-33-34-36-39-42-45-48-51-54-60(71)66(75)68-58(59(70)53-50-47-44-41-38-35-24-21-18-15-12-9-6-3)57-76-67-65(64(74)63(73)61(56-69)77-67)78-62(72)55-52-49-46-43-40-37-26-23-20-17-14-11-8-5-2/h7,10,16,19,25,27,29-30,32-33,36-37,39-40,50,53,58-61,63-65,67,69-71,73-74H,4-6,8-9,11-15,17-18,20-24,26,28,31,34-35,38,41-49,51-52,54-57H2,1-3H3,(H,68,75)/b10-7-,19-16-,27-25-,30-29-,33-32-,39-36-,40-37-,53-50+. The van der Waals surface area contributed by atoms with Gasteiger partial charge in [0.25, 0.3) is 0 Å². The number of rotatable bonds is 52. The number of hydrogen-bond donors (Lipinski definition) is 6. The highest BCUT2D eigenvalue weighted by Crippen LogP contribution is 2.26. The molecule has 8 unspecified atom stereocenters. The highest BCUT2D eigenvalue weighted by atomic mass is 16.7. The number of ether oxygens (including phenoxy) is 3. The number of esters is 1. The van der Waals surface area contributed by atoms with Crippen molar-refractivity contribution in [3.63, 3.8) is 0 Å². The van der Waals surface area contributed by atoms with E-state index in [4.69, 9.17) is 14.2 Å². The highest BCUT2D eigenvalue weighted by molar-refractivity contribution is 5.80. The van der Waals surface area contributed by atoms with Crippen LogP contribution in [0.5, 0.6) is 0 Å². The normalized spacial score (nSPS) is 19.6. The number of amides is 1. The van der Waals surface area contributed by atoms with Gasteiger partial charge in [-0.15, -0.1) is 0 Å². The van der Waals surface area contributed by atoms with Crippen LogP contribution in [0.1, 0.15) is 252 Å². The van der Waals surface area contributed by atoms with E-state index in [0.717, 1.165) is 109 Å². The summed E-state index contributed by atoms with van der Waals surface area (Å²) < 4.78 is 17.6. The van der Waals surface area contributed by atoms with Crippen LogP contribution in [0.15, 0.2) is 97.2 Å². The van der Waals surface area contributed by atoms with Crippen molar-refractivity contribution in [2.24, 2.45) is 0 Å². The number of carbonyl (C=O) groups excluding carboxylic acids is 2. The van der Waals surface area contributed by atoms with Crippen LogP contribution in [0.2, 0.25) is 0 Å². The second-order valence-corrected chi connectivity index (χ2v) is 21.4. The molecule has 0 aromatic heterocycles. The zero-order valence-electron chi connectivity index (χ0n) is 49.5. The van der Waals surface area contributed by atoms with Crippen molar-refractivity contribution in [1.82, 2.24) is 5.32 Å².